The number of hydrogen-bond acceptors (Lipinski definition) is 5. The van der Waals surface area contributed by atoms with Crippen LogP contribution in [0.5, 0.6) is 0 Å². The summed E-state index contributed by atoms with van der Waals surface area (Å²) in [5.74, 6) is -1.51. The molecule has 0 fully saturated rings. The van der Waals surface area contributed by atoms with Crippen molar-refractivity contribution in [3.8, 4) is 0 Å². The van der Waals surface area contributed by atoms with E-state index in [2.05, 4.69) is 22.9 Å². The van der Waals surface area contributed by atoms with Gasteiger partial charge in [0.05, 0.1) is 6.04 Å². The van der Waals surface area contributed by atoms with Gasteiger partial charge in [-0.2, -0.15) is 0 Å². The highest BCUT2D eigenvalue weighted by atomic mass is 16.4. The number of aliphatic carboxylic acids is 1. The Kier molecular flexibility index (Phi) is 23.1. The van der Waals surface area contributed by atoms with Crippen LogP contribution in [0.25, 0.3) is 0 Å². The molecule has 2 amide bonds. The van der Waals surface area contributed by atoms with Gasteiger partial charge in [0.15, 0.2) is 0 Å². The molecule has 0 heterocycles. The zero-order valence-corrected chi connectivity index (χ0v) is 23.9. The van der Waals surface area contributed by atoms with E-state index in [-0.39, 0.29) is 36.5 Å². The number of carbonyl (C=O) groups excluding carboxylic acids is 3. The lowest BCUT2D eigenvalue weighted by Crippen LogP contribution is -2.41. The normalized spacial score (nSPS) is 12.6. The van der Waals surface area contributed by atoms with E-state index in [9.17, 15) is 24.3 Å². The van der Waals surface area contributed by atoms with E-state index in [0.717, 1.165) is 32.1 Å². The first-order chi connectivity index (χ1) is 17.8. The van der Waals surface area contributed by atoms with Gasteiger partial charge >= 0.3 is 5.97 Å². The number of carboxylic acids is 1. The number of ketones is 1. The topological polar surface area (TPSA) is 125 Å². The van der Waals surface area contributed by atoms with Crippen molar-refractivity contribution >= 4 is 23.6 Å². The number of rotatable bonds is 26. The largest absolute Gasteiger partial charge is 0.480 e. The number of likely N-dealkylation sites (N-methyl/N-ethyl adjacent to an activating group) is 1. The lowest BCUT2D eigenvalue weighted by molar-refractivity contribution is -0.142. The molecule has 8 nitrogen and oxygen atoms in total. The van der Waals surface area contributed by atoms with Crippen molar-refractivity contribution in [1.82, 2.24) is 16.0 Å². The Labute approximate surface area is 225 Å². The summed E-state index contributed by atoms with van der Waals surface area (Å²) in [5, 5.41) is 17.7. The van der Waals surface area contributed by atoms with E-state index < -0.39 is 12.0 Å². The van der Waals surface area contributed by atoms with E-state index in [0.29, 0.717) is 19.4 Å². The van der Waals surface area contributed by atoms with Crippen LogP contribution in [0.4, 0.5) is 0 Å². The van der Waals surface area contributed by atoms with Crippen LogP contribution < -0.4 is 16.0 Å². The van der Waals surface area contributed by atoms with Crippen molar-refractivity contribution in [2.45, 2.75) is 148 Å². The summed E-state index contributed by atoms with van der Waals surface area (Å²) in [7, 11) is 1.75. The molecule has 8 heteroatoms. The van der Waals surface area contributed by atoms with Crippen molar-refractivity contribution in [2.24, 2.45) is 0 Å². The van der Waals surface area contributed by atoms with E-state index in [1.807, 2.05) is 0 Å². The monoisotopic (exact) mass is 525 g/mol. The van der Waals surface area contributed by atoms with E-state index in [4.69, 9.17) is 0 Å². The molecule has 0 aliphatic rings. The fourth-order valence-electron chi connectivity index (χ4n) is 4.44. The Morgan fingerprint density at radius 3 is 1.68 bits per heavy atom. The van der Waals surface area contributed by atoms with Gasteiger partial charge in [-0.15, -0.1) is 0 Å². The summed E-state index contributed by atoms with van der Waals surface area (Å²) >= 11 is 0. The first-order valence-electron chi connectivity index (χ1n) is 14.8. The molecule has 4 N–H and O–H groups in total. The summed E-state index contributed by atoms with van der Waals surface area (Å²) in [6.07, 6.45) is 18.7. The Hall–Kier alpha value is -1.96. The SMILES string of the molecule is CCCCCCCCCCCCCCCC(=O)NC(CCC(=O)NCCCCC(NC)C(C)=O)C(=O)O. The average molecular weight is 526 g/mol. The minimum absolute atomic E-state index is 0.0442. The highest BCUT2D eigenvalue weighted by molar-refractivity contribution is 5.84. The van der Waals surface area contributed by atoms with Crippen LogP contribution in [0.1, 0.15) is 136 Å². The lowest BCUT2D eigenvalue weighted by atomic mass is 10.0. The number of amides is 2. The van der Waals surface area contributed by atoms with Crippen LogP contribution in [0.15, 0.2) is 0 Å². The maximum Gasteiger partial charge on any atom is 0.326 e. The zero-order chi connectivity index (χ0) is 27.7. The van der Waals surface area contributed by atoms with Gasteiger partial charge in [-0.1, -0.05) is 84.0 Å². The number of hydrogen-bond donors (Lipinski definition) is 4. The van der Waals surface area contributed by atoms with Crippen LogP contribution in [-0.4, -0.2) is 54.3 Å². The van der Waals surface area contributed by atoms with Crippen molar-refractivity contribution in [3.63, 3.8) is 0 Å². The highest BCUT2D eigenvalue weighted by Gasteiger charge is 2.20. The van der Waals surface area contributed by atoms with Crippen LogP contribution in [-0.2, 0) is 19.2 Å². The standard InChI is InChI=1S/C29H55N3O5/c1-4-5-6-7-8-9-10-11-12-13-14-15-16-20-28(35)32-26(29(36)37)21-22-27(34)31-23-18-17-19-25(30-3)24(2)33/h25-26,30H,4-23H2,1-3H3,(H,31,34)(H,32,35)(H,36,37). The second kappa shape index (κ2) is 24.4. The minimum atomic E-state index is -1.12. The number of Topliss-reactive ketones (excluding diaryl/α,β-unsaturated/α-hetero) is 1. The Bertz CT molecular complexity index is 627. The summed E-state index contributed by atoms with van der Waals surface area (Å²) in [5.41, 5.74) is 0. The molecule has 0 bridgehead atoms. The average Bonchev–Trinajstić information content (AvgIpc) is 2.86. The van der Waals surface area contributed by atoms with Crippen molar-refractivity contribution in [1.29, 1.82) is 0 Å². The van der Waals surface area contributed by atoms with Crippen LogP contribution in [0.2, 0.25) is 0 Å². The molecule has 2 atom stereocenters. The summed E-state index contributed by atoms with van der Waals surface area (Å²) in [6.45, 7) is 4.28. The van der Waals surface area contributed by atoms with Gasteiger partial charge in [-0.3, -0.25) is 14.4 Å². The van der Waals surface area contributed by atoms with Gasteiger partial charge in [0.2, 0.25) is 11.8 Å². The molecule has 0 aliphatic carbocycles. The van der Waals surface area contributed by atoms with Gasteiger partial charge in [-0.25, -0.2) is 4.79 Å². The van der Waals surface area contributed by atoms with Crippen LogP contribution in [0, 0.1) is 0 Å². The molecular weight excluding hydrogens is 470 g/mol. The third kappa shape index (κ3) is 21.8. The molecule has 216 valence electrons. The van der Waals surface area contributed by atoms with E-state index in [1.54, 1.807) is 14.0 Å². The van der Waals surface area contributed by atoms with E-state index >= 15 is 0 Å². The fraction of sp³-hybridized carbons (Fsp3) is 0.862. The molecule has 0 aromatic heterocycles. The molecule has 0 rings (SSSR count). The van der Waals surface area contributed by atoms with Crippen molar-refractivity contribution < 1.29 is 24.3 Å². The molecule has 0 aromatic carbocycles. The molecular formula is C29H55N3O5. The smallest absolute Gasteiger partial charge is 0.326 e. The van der Waals surface area contributed by atoms with E-state index in [1.165, 1.54) is 64.2 Å². The maximum absolute atomic E-state index is 12.2. The predicted octanol–water partition coefficient (Wildman–Crippen LogP) is 5.28. The third-order valence-corrected chi connectivity index (χ3v) is 6.88. The summed E-state index contributed by atoms with van der Waals surface area (Å²) in [6, 6.07) is -1.21. The lowest BCUT2D eigenvalue weighted by Gasteiger charge is -2.15. The first kappa shape index (κ1) is 35.0. The fourth-order valence-corrected chi connectivity index (χ4v) is 4.44. The number of nitrogens with one attached hydrogen (secondary N) is 3. The Morgan fingerprint density at radius 1 is 0.649 bits per heavy atom. The zero-order valence-electron chi connectivity index (χ0n) is 23.9. The van der Waals surface area contributed by atoms with Crippen LogP contribution in [0.3, 0.4) is 0 Å². The first-order valence-corrected chi connectivity index (χ1v) is 14.8. The number of carbonyl (C=O) groups is 4. The molecule has 0 aromatic rings. The molecule has 2 unspecified atom stereocenters. The second-order valence-corrected chi connectivity index (χ2v) is 10.3. The molecule has 0 spiro atoms. The summed E-state index contributed by atoms with van der Waals surface area (Å²) < 4.78 is 0. The van der Waals surface area contributed by atoms with Crippen molar-refractivity contribution in [2.75, 3.05) is 13.6 Å². The Morgan fingerprint density at radius 2 is 1.19 bits per heavy atom. The third-order valence-electron chi connectivity index (χ3n) is 6.88. The van der Waals surface area contributed by atoms with Crippen LogP contribution >= 0.6 is 0 Å². The quantitative estimate of drug-likeness (QED) is 0.114. The second-order valence-electron chi connectivity index (χ2n) is 10.3. The molecule has 0 aliphatic heterocycles. The highest BCUT2D eigenvalue weighted by Crippen LogP contribution is 2.13. The molecule has 0 saturated carbocycles. The van der Waals surface area contributed by atoms with Gasteiger partial charge in [0.1, 0.15) is 11.8 Å². The molecule has 0 radical (unpaired) electrons. The molecule has 0 saturated heterocycles. The predicted molar refractivity (Wildman–Crippen MR) is 150 cm³/mol. The minimum Gasteiger partial charge on any atom is -0.480 e. The number of unbranched alkanes of at least 4 members (excludes halogenated alkanes) is 13. The van der Waals surface area contributed by atoms with Gasteiger partial charge in [-0.05, 0) is 46.1 Å². The van der Waals surface area contributed by atoms with Gasteiger partial charge < -0.3 is 21.1 Å². The van der Waals surface area contributed by atoms with Crippen molar-refractivity contribution in [3.05, 3.63) is 0 Å². The Balaban J connectivity index is 3.82. The maximum atomic E-state index is 12.2. The van der Waals surface area contributed by atoms with Gasteiger partial charge in [0.25, 0.3) is 0 Å². The number of carboxylic acid groups (broad SMARTS) is 1. The van der Waals surface area contributed by atoms with Gasteiger partial charge in [0, 0.05) is 19.4 Å². The summed E-state index contributed by atoms with van der Waals surface area (Å²) in [4.78, 5) is 47.1. The molecule has 37 heavy (non-hydrogen) atoms.